The Morgan fingerprint density at radius 3 is 2.50 bits per heavy atom. The van der Waals surface area contributed by atoms with Crippen molar-refractivity contribution in [3.05, 3.63) is 40.9 Å². The van der Waals surface area contributed by atoms with Crippen LogP contribution in [-0.4, -0.2) is 23.9 Å². The van der Waals surface area contributed by atoms with E-state index in [4.69, 9.17) is 5.14 Å². The molecule has 2 aromatic rings. The quantitative estimate of drug-likeness (QED) is 0.861. The minimum Gasteiger partial charge on any atom is -0.345 e. The normalized spacial score (nSPS) is 12.9. The highest BCUT2D eigenvalue weighted by Gasteiger charge is 2.14. The summed E-state index contributed by atoms with van der Waals surface area (Å²) in [7, 11) is -3.71. The number of carbonyl (C=O) groups excluding carboxylic acids is 1. The molecule has 0 radical (unpaired) electrons. The van der Waals surface area contributed by atoms with Crippen LogP contribution in [-0.2, 0) is 10.0 Å². The highest BCUT2D eigenvalue weighted by Crippen LogP contribution is 2.16. The molecule has 2 rings (SSSR count). The molecule has 0 fully saturated rings. The van der Waals surface area contributed by atoms with Crippen molar-refractivity contribution in [3.63, 3.8) is 0 Å². The van der Waals surface area contributed by atoms with Gasteiger partial charge in [-0.15, -0.1) is 5.10 Å². The van der Waals surface area contributed by atoms with E-state index in [1.165, 1.54) is 18.3 Å². The Morgan fingerprint density at radius 2 is 2.00 bits per heavy atom. The Morgan fingerprint density at radius 1 is 1.35 bits per heavy atom. The molecule has 0 aliphatic rings. The third-order valence-corrected chi connectivity index (χ3v) is 4.23. The van der Waals surface area contributed by atoms with Crippen LogP contribution in [0.1, 0.15) is 28.2 Å². The summed E-state index contributed by atoms with van der Waals surface area (Å²) in [6, 6.07) is 5.74. The number of amides is 1. The van der Waals surface area contributed by atoms with E-state index < -0.39 is 10.0 Å². The van der Waals surface area contributed by atoms with Gasteiger partial charge in [0.15, 0.2) is 0 Å². The molecule has 0 bridgehead atoms. The number of nitrogens with zero attached hydrogens (tertiary/aromatic N) is 2. The van der Waals surface area contributed by atoms with Gasteiger partial charge < -0.3 is 5.32 Å². The van der Waals surface area contributed by atoms with E-state index in [0.717, 1.165) is 17.1 Å². The van der Waals surface area contributed by atoms with Gasteiger partial charge in [-0.05, 0) is 36.2 Å². The van der Waals surface area contributed by atoms with E-state index in [9.17, 15) is 13.2 Å². The van der Waals surface area contributed by atoms with E-state index in [2.05, 4.69) is 14.9 Å². The monoisotopic (exact) mass is 312 g/mol. The zero-order valence-corrected chi connectivity index (χ0v) is 12.1. The molecule has 1 atom stereocenters. The highest BCUT2D eigenvalue weighted by molar-refractivity contribution is 7.89. The molecule has 1 amide bonds. The Balaban J connectivity index is 2.10. The van der Waals surface area contributed by atoms with Crippen LogP contribution in [0.25, 0.3) is 0 Å². The molecule has 1 unspecified atom stereocenters. The first-order chi connectivity index (χ1) is 9.38. The molecule has 9 heteroatoms. The fraction of sp³-hybridized carbons (Fsp3) is 0.182. The number of rotatable bonds is 4. The molecule has 0 aliphatic heterocycles. The summed E-state index contributed by atoms with van der Waals surface area (Å²) in [4.78, 5) is 12.3. The fourth-order valence-corrected chi connectivity index (χ4v) is 2.50. The van der Waals surface area contributed by atoms with E-state index in [0.29, 0.717) is 4.88 Å². The number of aromatic nitrogens is 2. The zero-order chi connectivity index (χ0) is 14.8. The van der Waals surface area contributed by atoms with Crippen molar-refractivity contribution in [2.75, 3.05) is 0 Å². The first-order valence-corrected chi connectivity index (χ1v) is 7.91. The summed E-state index contributed by atoms with van der Waals surface area (Å²) in [5, 5.41) is 11.4. The third-order valence-electron chi connectivity index (χ3n) is 2.64. The van der Waals surface area contributed by atoms with Gasteiger partial charge in [0, 0.05) is 0 Å². The van der Waals surface area contributed by atoms with Crippen molar-refractivity contribution in [1.82, 2.24) is 14.9 Å². The molecule has 1 heterocycles. The zero-order valence-electron chi connectivity index (χ0n) is 10.5. The lowest BCUT2D eigenvalue weighted by Gasteiger charge is -2.13. The molecule has 1 aromatic heterocycles. The molecule has 1 aromatic carbocycles. The van der Waals surface area contributed by atoms with Crippen LogP contribution >= 0.6 is 11.5 Å². The lowest BCUT2D eigenvalue weighted by Crippen LogP contribution is -2.26. The van der Waals surface area contributed by atoms with Gasteiger partial charge in [-0.3, -0.25) is 4.79 Å². The number of carbonyl (C=O) groups is 1. The molecule has 7 nitrogen and oxygen atoms in total. The second-order valence-corrected chi connectivity index (χ2v) is 6.44. The van der Waals surface area contributed by atoms with Crippen molar-refractivity contribution in [2.45, 2.75) is 17.9 Å². The van der Waals surface area contributed by atoms with Crippen molar-refractivity contribution >= 4 is 27.5 Å². The average molecular weight is 312 g/mol. The number of nitrogens with two attached hydrogens (primary N) is 1. The summed E-state index contributed by atoms with van der Waals surface area (Å²) in [6.07, 6.45) is 1.39. The number of hydrogen-bond acceptors (Lipinski definition) is 6. The Labute approximate surface area is 120 Å². The Kier molecular flexibility index (Phi) is 4.12. The smallest absolute Gasteiger partial charge is 0.265 e. The van der Waals surface area contributed by atoms with Crippen LogP contribution < -0.4 is 10.5 Å². The highest BCUT2D eigenvalue weighted by atomic mass is 32.2. The molecular formula is C11H12N4O3S2. The maximum absolute atomic E-state index is 11.8. The van der Waals surface area contributed by atoms with Crippen LogP contribution in [0.5, 0.6) is 0 Å². The topological polar surface area (TPSA) is 115 Å². The molecule has 0 spiro atoms. The minimum atomic E-state index is -3.71. The maximum atomic E-state index is 11.8. The number of hydrogen-bond donors (Lipinski definition) is 2. The van der Waals surface area contributed by atoms with Gasteiger partial charge in [-0.1, -0.05) is 16.6 Å². The molecular weight excluding hydrogens is 300 g/mol. The molecule has 0 saturated carbocycles. The van der Waals surface area contributed by atoms with Crippen molar-refractivity contribution in [3.8, 4) is 0 Å². The molecule has 106 valence electrons. The van der Waals surface area contributed by atoms with Gasteiger partial charge in [-0.2, -0.15) is 0 Å². The lowest BCUT2D eigenvalue weighted by atomic mass is 10.1. The first-order valence-electron chi connectivity index (χ1n) is 5.59. The third kappa shape index (κ3) is 3.38. The van der Waals surface area contributed by atoms with Gasteiger partial charge in [0.25, 0.3) is 5.91 Å². The standard InChI is InChI=1S/C11H12N4O3S2/c1-7(14-11(16)10-6-13-15-19-10)8-2-4-9(5-3-8)20(12,17)18/h2-7H,1H3,(H,14,16)(H2,12,17,18). The minimum absolute atomic E-state index is 0.0337. The van der Waals surface area contributed by atoms with Gasteiger partial charge in [0.2, 0.25) is 10.0 Å². The van der Waals surface area contributed by atoms with Gasteiger partial charge in [0.1, 0.15) is 4.88 Å². The van der Waals surface area contributed by atoms with Gasteiger partial charge in [0.05, 0.1) is 17.1 Å². The number of primary sulfonamides is 1. The second kappa shape index (κ2) is 5.65. The van der Waals surface area contributed by atoms with E-state index in [1.54, 1.807) is 19.1 Å². The van der Waals surface area contributed by atoms with Crippen molar-refractivity contribution < 1.29 is 13.2 Å². The van der Waals surface area contributed by atoms with Crippen molar-refractivity contribution in [2.24, 2.45) is 5.14 Å². The van der Waals surface area contributed by atoms with Crippen molar-refractivity contribution in [1.29, 1.82) is 0 Å². The number of nitrogens with one attached hydrogen (secondary N) is 1. The lowest BCUT2D eigenvalue weighted by molar-refractivity contribution is 0.0943. The summed E-state index contributed by atoms with van der Waals surface area (Å²) in [5.74, 6) is -0.275. The maximum Gasteiger partial charge on any atom is 0.265 e. The average Bonchev–Trinajstić information content (AvgIpc) is 2.91. The van der Waals surface area contributed by atoms with E-state index in [1.807, 2.05) is 0 Å². The van der Waals surface area contributed by atoms with Crippen LogP contribution in [0.4, 0.5) is 0 Å². The fourth-order valence-electron chi connectivity index (χ4n) is 1.56. The summed E-state index contributed by atoms with van der Waals surface area (Å²) < 4.78 is 25.9. The van der Waals surface area contributed by atoms with E-state index >= 15 is 0 Å². The molecule has 0 aliphatic carbocycles. The van der Waals surface area contributed by atoms with Crippen LogP contribution in [0.15, 0.2) is 35.4 Å². The Hall–Kier alpha value is -1.84. The van der Waals surface area contributed by atoms with E-state index in [-0.39, 0.29) is 16.8 Å². The van der Waals surface area contributed by atoms with Crippen LogP contribution in [0, 0.1) is 0 Å². The summed E-state index contributed by atoms with van der Waals surface area (Å²) >= 11 is 1.01. The molecule has 0 saturated heterocycles. The van der Waals surface area contributed by atoms with Crippen LogP contribution in [0.3, 0.4) is 0 Å². The molecule has 3 N–H and O–H groups in total. The molecule has 20 heavy (non-hydrogen) atoms. The number of sulfonamides is 1. The SMILES string of the molecule is CC(NC(=O)c1cnns1)c1ccc(S(N)(=O)=O)cc1. The summed E-state index contributed by atoms with van der Waals surface area (Å²) in [6.45, 7) is 1.79. The predicted octanol–water partition coefficient (Wildman–Crippen LogP) is 0.676. The van der Waals surface area contributed by atoms with Gasteiger partial charge >= 0.3 is 0 Å². The number of benzene rings is 1. The first kappa shape index (κ1) is 14.6. The van der Waals surface area contributed by atoms with Gasteiger partial charge in [-0.25, -0.2) is 13.6 Å². The predicted molar refractivity (Wildman–Crippen MR) is 73.6 cm³/mol. The largest absolute Gasteiger partial charge is 0.345 e. The second-order valence-electron chi connectivity index (χ2n) is 4.09. The summed E-state index contributed by atoms with van der Waals surface area (Å²) in [5.41, 5.74) is 0.767. The Bertz CT molecular complexity index is 696. The van der Waals surface area contributed by atoms with Crippen LogP contribution in [0.2, 0.25) is 0 Å².